The van der Waals surface area contributed by atoms with Gasteiger partial charge in [0.05, 0.1) is 0 Å². The van der Waals surface area contributed by atoms with Crippen molar-refractivity contribution >= 4 is 0 Å². The molecule has 1 heteroatoms. The summed E-state index contributed by atoms with van der Waals surface area (Å²) in [5.74, 6) is 1.02. The Morgan fingerprint density at radius 2 is 1.61 bits per heavy atom. The fraction of sp³-hybridized carbons (Fsp3) is 1.00. The van der Waals surface area contributed by atoms with Crippen LogP contribution in [0.2, 0.25) is 0 Å². The highest BCUT2D eigenvalue weighted by atomic mass is 15.1. The molecule has 0 aromatic rings. The summed E-state index contributed by atoms with van der Waals surface area (Å²) in [6, 6.07) is 1.52. The topological polar surface area (TPSA) is 12.0 Å². The first-order chi connectivity index (χ1) is 8.39. The average molecular weight is 251 g/mol. The molecule has 2 atom stereocenters. The van der Waals surface area contributed by atoms with E-state index in [9.17, 15) is 0 Å². The van der Waals surface area contributed by atoms with E-state index in [2.05, 4.69) is 39.9 Å². The van der Waals surface area contributed by atoms with E-state index in [1.165, 1.54) is 44.9 Å². The Bertz CT molecular complexity index is 265. The van der Waals surface area contributed by atoms with Gasteiger partial charge in [-0.15, -0.1) is 0 Å². The lowest BCUT2D eigenvalue weighted by Gasteiger charge is -2.18. The van der Waals surface area contributed by atoms with Crippen molar-refractivity contribution in [1.29, 1.82) is 0 Å². The second kappa shape index (κ2) is 5.15. The van der Waals surface area contributed by atoms with Crippen LogP contribution in [0.15, 0.2) is 0 Å². The van der Waals surface area contributed by atoms with E-state index >= 15 is 0 Å². The van der Waals surface area contributed by atoms with Crippen molar-refractivity contribution in [1.82, 2.24) is 5.32 Å². The van der Waals surface area contributed by atoms with Gasteiger partial charge in [-0.05, 0) is 36.0 Å². The van der Waals surface area contributed by atoms with Crippen LogP contribution in [0.25, 0.3) is 0 Å². The maximum absolute atomic E-state index is 3.98. The molecule has 106 valence electrons. The fourth-order valence-electron chi connectivity index (χ4n) is 4.09. The Hall–Kier alpha value is -0.0400. The summed E-state index contributed by atoms with van der Waals surface area (Å²) < 4.78 is 0. The Morgan fingerprint density at radius 3 is 2.17 bits per heavy atom. The van der Waals surface area contributed by atoms with Crippen molar-refractivity contribution < 1.29 is 0 Å². The molecule has 0 spiro atoms. The van der Waals surface area contributed by atoms with E-state index in [1.807, 2.05) is 0 Å². The molecule has 0 radical (unpaired) electrons. The molecule has 0 aromatic carbocycles. The predicted octanol–water partition coefficient (Wildman–Crippen LogP) is 4.76. The Morgan fingerprint density at radius 1 is 0.944 bits per heavy atom. The van der Waals surface area contributed by atoms with Crippen LogP contribution < -0.4 is 5.32 Å². The van der Waals surface area contributed by atoms with Gasteiger partial charge in [-0.1, -0.05) is 60.3 Å². The summed E-state index contributed by atoms with van der Waals surface area (Å²) in [6.07, 6.45) is 10.0. The Balaban J connectivity index is 1.82. The molecule has 0 saturated heterocycles. The number of hydrogen-bond acceptors (Lipinski definition) is 1. The molecule has 2 unspecified atom stereocenters. The third kappa shape index (κ3) is 2.61. The van der Waals surface area contributed by atoms with Crippen LogP contribution in [0, 0.1) is 16.7 Å². The normalized spacial score (nSPS) is 35.2. The van der Waals surface area contributed by atoms with E-state index < -0.39 is 0 Å². The first kappa shape index (κ1) is 14.4. The van der Waals surface area contributed by atoms with Crippen molar-refractivity contribution in [2.45, 2.75) is 91.6 Å². The van der Waals surface area contributed by atoms with Crippen molar-refractivity contribution in [3.63, 3.8) is 0 Å². The highest BCUT2D eigenvalue weighted by molar-refractivity contribution is 5.18. The summed E-state index contributed by atoms with van der Waals surface area (Å²) >= 11 is 0. The molecule has 0 aliphatic heterocycles. The SMILES string of the molecule is CCCC1CCCC(NC2C(C)(C)C2(C)C)CC1. The molecule has 2 fully saturated rings. The minimum atomic E-state index is 0.488. The fourth-order valence-corrected chi connectivity index (χ4v) is 4.09. The summed E-state index contributed by atoms with van der Waals surface area (Å²) in [5, 5.41) is 3.98. The van der Waals surface area contributed by atoms with E-state index in [1.54, 1.807) is 0 Å². The molecule has 1 nitrogen and oxygen atoms in total. The molecule has 2 aliphatic carbocycles. The van der Waals surface area contributed by atoms with Gasteiger partial charge < -0.3 is 5.32 Å². The summed E-state index contributed by atoms with van der Waals surface area (Å²) in [6.45, 7) is 12.0. The first-order valence-electron chi connectivity index (χ1n) is 8.15. The lowest BCUT2D eigenvalue weighted by atomic mass is 9.95. The molecule has 2 saturated carbocycles. The molecular formula is C17H33N. The van der Waals surface area contributed by atoms with Crippen molar-refractivity contribution in [2.75, 3.05) is 0 Å². The minimum Gasteiger partial charge on any atom is -0.310 e. The van der Waals surface area contributed by atoms with Gasteiger partial charge >= 0.3 is 0 Å². The van der Waals surface area contributed by atoms with Crippen molar-refractivity contribution in [3.05, 3.63) is 0 Å². The monoisotopic (exact) mass is 251 g/mol. The van der Waals surface area contributed by atoms with Crippen molar-refractivity contribution in [2.24, 2.45) is 16.7 Å². The van der Waals surface area contributed by atoms with E-state index in [-0.39, 0.29) is 0 Å². The standard InChI is InChI=1S/C17H33N/c1-6-8-13-9-7-10-14(12-11-13)18-15-16(2,3)17(15,4)5/h13-15,18H,6-12H2,1-5H3. The molecule has 0 heterocycles. The highest BCUT2D eigenvalue weighted by Gasteiger charge is 2.64. The average Bonchev–Trinajstić information content (AvgIpc) is 2.79. The molecule has 2 rings (SSSR count). The van der Waals surface area contributed by atoms with Crippen molar-refractivity contribution in [3.8, 4) is 0 Å². The summed E-state index contributed by atoms with van der Waals surface area (Å²) in [4.78, 5) is 0. The highest BCUT2D eigenvalue weighted by Crippen LogP contribution is 2.62. The van der Waals surface area contributed by atoms with Crippen LogP contribution in [0.1, 0.15) is 79.6 Å². The van der Waals surface area contributed by atoms with Gasteiger partial charge in [0.15, 0.2) is 0 Å². The van der Waals surface area contributed by atoms with Gasteiger partial charge in [-0.25, -0.2) is 0 Å². The van der Waals surface area contributed by atoms with E-state index in [4.69, 9.17) is 0 Å². The maximum Gasteiger partial charge on any atom is 0.0183 e. The van der Waals surface area contributed by atoms with Gasteiger partial charge in [0.25, 0.3) is 0 Å². The van der Waals surface area contributed by atoms with Crippen LogP contribution in [-0.4, -0.2) is 12.1 Å². The van der Waals surface area contributed by atoms with Crippen LogP contribution in [0.4, 0.5) is 0 Å². The molecule has 18 heavy (non-hydrogen) atoms. The second-order valence-electron chi connectivity index (χ2n) is 7.90. The van der Waals surface area contributed by atoms with Gasteiger partial charge in [0.1, 0.15) is 0 Å². The number of rotatable bonds is 4. The van der Waals surface area contributed by atoms with Crippen LogP contribution in [0.3, 0.4) is 0 Å². The van der Waals surface area contributed by atoms with Gasteiger partial charge in [-0.3, -0.25) is 0 Å². The third-order valence-electron chi connectivity index (χ3n) is 6.21. The quantitative estimate of drug-likeness (QED) is 0.710. The smallest absolute Gasteiger partial charge is 0.0183 e. The molecule has 0 amide bonds. The Kier molecular flexibility index (Phi) is 4.11. The van der Waals surface area contributed by atoms with E-state index in [0.29, 0.717) is 10.8 Å². The molecular weight excluding hydrogens is 218 g/mol. The molecule has 2 aliphatic rings. The molecule has 1 N–H and O–H groups in total. The zero-order valence-corrected chi connectivity index (χ0v) is 13.2. The Labute approximate surface area is 114 Å². The molecule has 0 aromatic heterocycles. The largest absolute Gasteiger partial charge is 0.310 e. The second-order valence-corrected chi connectivity index (χ2v) is 7.90. The zero-order chi connectivity index (χ0) is 13.4. The lowest BCUT2D eigenvalue weighted by molar-refractivity contribution is 0.396. The van der Waals surface area contributed by atoms with Gasteiger partial charge in [-0.2, -0.15) is 0 Å². The maximum atomic E-state index is 3.98. The summed E-state index contributed by atoms with van der Waals surface area (Å²) in [5.41, 5.74) is 0.976. The zero-order valence-electron chi connectivity index (χ0n) is 13.2. The molecule has 0 bridgehead atoms. The van der Waals surface area contributed by atoms with Crippen LogP contribution >= 0.6 is 0 Å². The first-order valence-corrected chi connectivity index (χ1v) is 8.15. The van der Waals surface area contributed by atoms with Crippen LogP contribution in [-0.2, 0) is 0 Å². The van der Waals surface area contributed by atoms with Gasteiger partial charge in [0, 0.05) is 12.1 Å². The minimum absolute atomic E-state index is 0.488. The number of nitrogens with one attached hydrogen (secondary N) is 1. The number of hydrogen-bond donors (Lipinski definition) is 1. The van der Waals surface area contributed by atoms with E-state index in [0.717, 1.165) is 18.0 Å². The summed E-state index contributed by atoms with van der Waals surface area (Å²) in [7, 11) is 0. The predicted molar refractivity (Wildman–Crippen MR) is 79.8 cm³/mol. The lowest BCUT2D eigenvalue weighted by Crippen LogP contribution is -2.33. The third-order valence-corrected chi connectivity index (χ3v) is 6.21. The van der Waals surface area contributed by atoms with Crippen LogP contribution in [0.5, 0.6) is 0 Å². The van der Waals surface area contributed by atoms with Gasteiger partial charge in [0.2, 0.25) is 0 Å².